The lowest BCUT2D eigenvalue weighted by Gasteiger charge is -2.30. The number of ether oxygens (including phenoxy) is 1. The monoisotopic (exact) mass is 231 g/mol. The fourth-order valence-electron chi connectivity index (χ4n) is 1.64. The Morgan fingerprint density at radius 2 is 2.00 bits per heavy atom. The summed E-state index contributed by atoms with van der Waals surface area (Å²) in [6.07, 6.45) is -3.45. The average molecular weight is 231 g/mol. The van der Waals surface area contributed by atoms with Crippen LogP contribution < -0.4 is 4.74 Å². The predicted molar refractivity (Wildman–Crippen MR) is 53.0 cm³/mol. The van der Waals surface area contributed by atoms with Crippen molar-refractivity contribution in [1.82, 2.24) is 4.90 Å². The number of hydrogen-bond donors (Lipinski definition) is 0. The molecule has 0 aromatic heterocycles. The van der Waals surface area contributed by atoms with Crippen LogP contribution in [0.5, 0.6) is 5.75 Å². The highest BCUT2D eigenvalue weighted by Crippen LogP contribution is 2.24. The first-order valence-corrected chi connectivity index (χ1v) is 5.10. The summed E-state index contributed by atoms with van der Waals surface area (Å²) in [6, 6.07) is 6.14. The molecule has 0 amide bonds. The van der Waals surface area contributed by atoms with Gasteiger partial charge in [-0.15, -0.1) is 13.2 Å². The largest absolute Gasteiger partial charge is 0.573 e. The van der Waals surface area contributed by atoms with Gasteiger partial charge in [-0.05, 0) is 37.2 Å². The molecular formula is C11H12F3NO. The van der Waals surface area contributed by atoms with Crippen LogP contribution in [0.25, 0.3) is 0 Å². The Bertz CT molecular complexity index is 360. The van der Waals surface area contributed by atoms with Crippen LogP contribution in [0.15, 0.2) is 24.3 Å². The standard InChI is InChI=1S/C11H12F3NO/c12-11(13,14)16-10-4-1-3-9(7-10)8-15-5-2-6-15/h1,3-4,7H,2,5-6,8H2. The average Bonchev–Trinajstić information content (AvgIpc) is 2.09. The Hall–Kier alpha value is -1.23. The van der Waals surface area contributed by atoms with E-state index in [1.54, 1.807) is 6.07 Å². The van der Waals surface area contributed by atoms with Crippen LogP contribution in [0.3, 0.4) is 0 Å². The normalized spacial score (nSPS) is 16.9. The second kappa shape index (κ2) is 4.33. The molecule has 0 bridgehead atoms. The SMILES string of the molecule is FC(F)(F)Oc1cccc(CN2CCC2)c1. The Morgan fingerprint density at radius 1 is 1.25 bits per heavy atom. The molecular weight excluding hydrogens is 219 g/mol. The van der Waals surface area contributed by atoms with Crippen LogP contribution in [-0.2, 0) is 6.54 Å². The Morgan fingerprint density at radius 3 is 2.56 bits per heavy atom. The molecule has 0 N–H and O–H groups in total. The topological polar surface area (TPSA) is 12.5 Å². The third-order valence-corrected chi connectivity index (χ3v) is 2.49. The molecule has 1 saturated heterocycles. The van der Waals surface area contributed by atoms with E-state index in [-0.39, 0.29) is 5.75 Å². The van der Waals surface area contributed by atoms with Crippen molar-refractivity contribution in [2.75, 3.05) is 13.1 Å². The van der Waals surface area contributed by atoms with Crippen LogP contribution in [0.1, 0.15) is 12.0 Å². The third-order valence-electron chi connectivity index (χ3n) is 2.49. The van der Waals surface area contributed by atoms with Crippen molar-refractivity contribution < 1.29 is 17.9 Å². The van der Waals surface area contributed by atoms with Crippen LogP contribution >= 0.6 is 0 Å². The number of hydrogen-bond acceptors (Lipinski definition) is 2. The van der Waals surface area contributed by atoms with E-state index in [0.29, 0.717) is 6.54 Å². The number of likely N-dealkylation sites (tertiary alicyclic amines) is 1. The molecule has 0 saturated carbocycles. The van der Waals surface area contributed by atoms with Crippen LogP contribution in [0.2, 0.25) is 0 Å². The number of nitrogens with zero attached hydrogens (tertiary/aromatic N) is 1. The molecule has 1 aromatic rings. The fourth-order valence-corrected chi connectivity index (χ4v) is 1.64. The van der Waals surface area contributed by atoms with E-state index < -0.39 is 6.36 Å². The maximum atomic E-state index is 12.0. The minimum absolute atomic E-state index is 0.148. The van der Waals surface area contributed by atoms with Gasteiger partial charge in [0.2, 0.25) is 0 Å². The van der Waals surface area contributed by atoms with Gasteiger partial charge in [-0.1, -0.05) is 12.1 Å². The molecule has 1 aromatic carbocycles. The molecule has 0 spiro atoms. The van der Waals surface area contributed by atoms with Gasteiger partial charge in [-0.25, -0.2) is 0 Å². The smallest absolute Gasteiger partial charge is 0.406 e. The predicted octanol–water partition coefficient (Wildman–Crippen LogP) is 2.79. The van der Waals surface area contributed by atoms with Gasteiger partial charge in [-0.3, -0.25) is 4.90 Å². The quantitative estimate of drug-likeness (QED) is 0.793. The van der Waals surface area contributed by atoms with Crippen molar-refractivity contribution in [1.29, 1.82) is 0 Å². The Kier molecular flexibility index (Phi) is 3.05. The van der Waals surface area contributed by atoms with Gasteiger partial charge in [0.05, 0.1) is 0 Å². The highest BCUT2D eigenvalue weighted by Gasteiger charge is 2.31. The van der Waals surface area contributed by atoms with E-state index in [9.17, 15) is 13.2 Å². The first-order valence-electron chi connectivity index (χ1n) is 5.10. The maximum Gasteiger partial charge on any atom is 0.573 e. The van der Waals surface area contributed by atoms with E-state index in [2.05, 4.69) is 9.64 Å². The number of alkyl halides is 3. The van der Waals surface area contributed by atoms with E-state index in [1.165, 1.54) is 18.6 Å². The van der Waals surface area contributed by atoms with Gasteiger partial charge in [-0.2, -0.15) is 0 Å². The number of rotatable bonds is 3. The summed E-state index contributed by atoms with van der Waals surface area (Å²) in [4.78, 5) is 2.17. The Balaban J connectivity index is 2.00. The summed E-state index contributed by atoms with van der Waals surface area (Å²) in [5.41, 5.74) is 0.849. The van der Waals surface area contributed by atoms with Crippen molar-refractivity contribution in [2.24, 2.45) is 0 Å². The first-order chi connectivity index (χ1) is 7.53. The summed E-state index contributed by atoms with van der Waals surface area (Å²) >= 11 is 0. The second-order valence-electron chi connectivity index (χ2n) is 3.82. The molecule has 5 heteroatoms. The third kappa shape index (κ3) is 3.13. The zero-order valence-electron chi connectivity index (χ0n) is 8.63. The minimum atomic E-state index is -4.62. The van der Waals surface area contributed by atoms with Gasteiger partial charge in [0, 0.05) is 6.54 Å². The Labute approximate surface area is 91.6 Å². The zero-order chi connectivity index (χ0) is 11.6. The van der Waals surface area contributed by atoms with Crippen molar-refractivity contribution in [3.05, 3.63) is 29.8 Å². The van der Waals surface area contributed by atoms with E-state index in [1.807, 2.05) is 6.07 Å². The lowest BCUT2D eigenvalue weighted by molar-refractivity contribution is -0.274. The molecule has 0 atom stereocenters. The van der Waals surface area contributed by atoms with Crippen LogP contribution in [0, 0.1) is 0 Å². The lowest BCUT2D eigenvalue weighted by Crippen LogP contribution is -2.36. The zero-order valence-corrected chi connectivity index (χ0v) is 8.63. The molecule has 1 aliphatic heterocycles. The molecule has 0 radical (unpaired) electrons. The summed E-state index contributed by atoms with van der Waals surface area (Å²) in [7, 11) is 0. The molecule has 2 rings (SSSR count). The first kappa shape index (κ1) is 11.3. The molecule has 1 heterocycles. The van der Waals surface area contributed by atoms with Crippen molar-refractivity contribution in [3.63, 3.8) is 0 Å². The second-order valence-corrected chi connectivity index (χ2v) is 3.82. The van der Waals surface area contributed by atoms with Crippen molar-refractivity contribution in [2.45, 2.75) is 19.3 Å². The molecule has 88 valence electrons. The minimum Gasteiger partial charge on any atom is -0.406 e. The molecule has 2 nitrogen and oxygen atoms in total. The van der Waals surface area contributed by atoms with E-state index >= 15 is 0 Å². The van der Waals surface area contributed by atoms with Gasteiger partial charge in [0.25, 0.3) is 0 Å². The van der Waals surface area contributed by atoms with Crippen LogP contribution in [-0.4, -0.2) is 24.4 Å². The maximum absolute atomic E-state index is 12.0. The summed E-state index contributed by atoms with van der Waals surface area (Å²) in [6.45, 7) is 2.73. The van der Waals surface area contributed by atoms with Gasteiger partial charge in [0.1, 0.15) is 5.75 Å². The van der Waals surface area contributed by atoms with Gasteiger partial charge >= 0.3 is 6.36 Å². The molecule has 0 aliphatic carbocycles. The van der Waals surface area contributed by atoms with E-state index in [4.69, 9.17) is 0 Å². The van der Waals surface area contributed by atoms with E-state index in [0.717, 1.165) is 18.7 Å². The highest BCUT2D eigenvalue weighted by molar-refractivity contribution is 5.28. The molecule has 0 unspecified atom stereocenters. The fraction of sp³-hybridized carbons (Fsp3) is 0.455. The van der Waals surface area contributed by atoms with Gasteiger partial charge in [0.15, 0.2) is 0 Å². The molecule has 16 heavy (non-hydrogen) atoms. The van der Waals surface area contributed by atoms with Crippen molar-refractivity contribution >= 4 is 0 Å². The molecule has 1 fully saturated rings. The van der Waals surface area contributed by atoms with Crippen LogP contribution in [0.4, 0.5) is 13.2 Å². The number of benzene rings is 1. The van der Waals surface area contributed by atoms with Crippen molar-refractivity contribution in [3.8, 4) is 5.75 Å². The summed E-state index contributed by atoms with van der Waals surface area (Å²) in [5, 5.41) is 0. The highest BCUT2D eigenvalue weighted by atomic mass is 19.4. The van der Waals surface area contributed by atoms with Gasteiger partial charge < -0.3 is 4.74 Å². The summed E-state index contributed by atoms with van der Waals surface area (Å²) < 4.78 is 39.8. The molecule has 1 aliphatic rings. The summed E-state index contributed by atoms with van der Waals surface area (Å²) in [5.74, 6) is -0.148. The number of halogens is 3. The lowest BCUT2D eigenvalue weighted by atomic mass is 10.1.